The molecule has 3 rings (SSSR count). The zero-order valence-electron chi connectivity index (χ0n) is 18.8. The van der Waals surface area contributed by atoms with Crippen molar-refractivity contribution >= 4 is 34.8 Å². The first-order valence-electron chi connectivity index (χ1n) is 10.5. The predicted octanol–water partition coefficient (Wildman–Crippen LogP) is 4.25. The maximum Gasteiger partial charge on any atom is 0.211 e. The van der Waals surface area contributed by atoms with Crippen LogP contribution < -0.4 is 9.47 Å². The van der Waals surface area contributed by atoms with Crippen LogP contribution >= 0.6 is 34.8 Å². The van der Waals surface area contributed by atoms with Gasteiger partial charge in [0, 0.05) is 17.8 Å². The molecule has 1 atom stereocenters. The molecule has 3 N–H and O–H groups in total. The van der Waals surface area contributed by atoms with E-state index < -0.39 is 29.8 Å². The largest absolute Gasteiger partial charge is 0.491 e. The van der Waals surface area contributed by atoms with Gasteiger partial charge in [-0.05, 0) is 35.4 Å². The zero-order chi connectivity index (χ0) is 24.9. The second-order valence-corrected chi connectivity index (χ2v) is 9.63. The highest BCUT2D eigenvalue weighted by molar-refractivity contribution is 6.37. The van der Waals surface area contributed by atoms with Gasteiger partial charge in [0.15, 0.2) is 5.75 Å². The fourth-order valence-electron chi connectivity index (χ4n) is 3.30. The van der Waals surface area contributed by atoms with Gasteiger partial charge in [-0.2, -0.15) is 0 Å². The average molecular weight is 530 g/mol. The highest BCUT2D eigenvalue weighted by Crippen LogP contribution is 2.41. The summed E-state index contributed by atoms with van der Waals surface area (Å²) < 4.78 is 12.9. The first-order valence-corrected chi connectivity index (χ1v) is 11.8. The molecule has 0 aliphatic carbocycles. The van der Waals surface area contributed by atoms with Gasteiger partial charge in [-0.25, -0.2) is 4.98 Å². The Balaban J connectivity index is 1.68. The van der Waals surface area contributed by atoms with Crippen LogP contribution in [0.15, 0.2) is 55.1 Å². The molecule has 1 aromatic heterocycles. The molecule has 0 bridgehead atoms. The summed E-state index contributed by atoms with van der Waals surface area (Å²) in [6.45, 7) is 4.13. The van der Waals surface area contributed by atoms with E-state index in [4.69, 9.17) is 44.3 Å². The molecule has 0 aliphatic rings. The average Bonchev–Trinajstić information content (AvgIpc) is 3.30. The van der Waals surface area contributed by atoms with Crippen molar-refractivity contribution in [2.75, 3.05) is 19.1 Å². The molecule has 2 aromatic carbocycles. The summed E-state index contributed by atoms with van der Waals surface area (Å²) in [5, 5.41) is 29.9. The summed E-state index contributed by atoms with van der Waals surface area (Å²) >= 11 is 18.3. The molecule has 0 amide bonds. The van der Waals surface area contributed by atoms with Crippen LogP contribution in [0, 0.1) is 0 Å². The van der Waals surface area contributed by atoms with E-state index in [1.54, 1.807) is 35.4 Å². The van der Waals surface area contributed by atoms with Crippen LogP contribution in [0.25, 0.3) is 0 Å². The quantitative estimate of drug-likeness (QED) is 0.254. The Bertz CT molecular complexity index is 1050. The van der Waals surface area contributed by atoms with E-state index in [-0.39, 0.29) is 22.4 Å². The maximum atomic E-state index is 10.1. The van der Waals surface area contributed by atoms with E-state index >= 15 is 0 Å². The van der Waals surface area contributed by atoms with Crippen LogP contribution in [0.2, 0.25) is 10.0 Å². The van der Waals surface area contributed by atoms with Crippen LogP contribution in [0.4, 0.5) is 0 Å². The lowest BCUT2D eigenvalue weighted by Gasteiger charge is -2.28. The monoisotopic (exact) mass is 528 g/mol. The van der Waals surface area contributed by atoms with E-state index in [1.165, 1.54) is 0 Å². The number of benzene rings is 2. The zero-order valence-corrected chi connectivity index (χ0v) is 21.1. The van der Waals surface area contributed by atoms with Crippen molar-refractivity contribution in [3.63, 3.8) is 0 Å². The van der Waals surface area contributed by atoms with Crippen LogP contribution in [-0.4, -0.2) is 55.9 Å². The van der Waals surface area contributed by atoms with Crippen LogP contribution in [-0.2, 0) is 12.0 Å². The number of imidazole rings is 1. The number of ether oxygens (including phenoxy) is 2. The Hall–Kier alpha value is -2.00. The van der Waals surface area contributed by atoms with Gasteiger partial charge >= 0.3 is 0 Å². The molecular weight excluding hydrogens is 503 g/mol. The Morgan fingerprint density at radius 1 is 1.03 bits per heavy atom. The molecule has 10 heteroatoms. The molecule has 0 fully saturated rings. The molecule has 3 aromatic rings. The number of aliphatic hydroxyl groups excluding tert-OH is 1. The number of nitrogens with zero attached hydrogens (tertiary/aromatic N) is 2. The van der Waals surface area contributed by atoms with E-state index in [0.717, 1.165) is 11.1 Å². The van der Waals surface area contributed by atoms with E-state index in [0.29, 0.717) is 12.3 Å². The Kier molecular flexibility index (Phi) is 8.73. The summed E-state index contributed by atoms with van der Waals surface area (Å²) in [7, 11) is 0. The van der Waals surface area contributed by atoms with Gasteiger partial charge in [0.1, 0.15) is 25.1 Å². The predicted molar refractivity (Wildman–Crippen MR) is 132 cm³/mol. The van der Waals surface area contributed by atoms with E-state index in [2.05, 4.69) is 4.98 Å². The topological polar surface area (TPSA) is 97.0 Å². The number of aliphatic hydroxyl groups is 3. The third-order valence-corrected chi connectivity index (χ3v) is 6.37. The lowest BCUT2D eigenvalue weighted by Crippen LogP contribution is -2.37. The summed E-state index contributed by atoms with van der Waals surface area (Å²) in [6.07, 6.45) is 4.42. The van der Waals surface area contributed by atoms with Gasteiger partial charge in [-0.15, -0.1) is 11.6 Å². The first kappa shape index (κ1) is 26.6. The van der Waals surface area contributed by atoms with Gasteiger partial charge in [-0.3, -0.25) is 0 Å². The van der Waals surface area contributed by atoms with Gasteiger partial charge in [0.2, 0.25) is 5.79 Å². The highest BCUT2D eigenvalue weighted by Gasteiger charge is 2.27. The number of halogens is 3. The number of rotatable bonds is 11. The van der Waals surface area contributed by atoms with Crippen molar-refractivity contribution in [2.24, 2.45) is 0 Å². The lowest BCUT2D eigenvalue weighted by molar-refractivity contribution is -0.162. The molecule has 0 aliphatic heterocycles. The Labute approximate surface area is 213 Å². The van der Waals surface area contributed by atoms with Crippen molar-refractivity contribution in [3.8, 4) is 11.5 Å². The highest BCUT2D eigenvalue weighted by atomic mass is 35.5. The standard InChI is InChI=1S/C24H27Cl3N2O5/c1-23(2,17-9-20(26)22(21(27)10-17)34-14-24(31,32)13-25)16-3-5-19(6-4-16)33-12-18(30)11-29-8-7-28-15-29/h3-10,15,18,30-32H,11-14H2,1-2H3/t18-/m1/s1. The molecule has 184 valence electrons. The molecule has 1 heterocycles. The molecule has 0 saturated heterocycles. The van der Waals surface area contributed by atoms with Gasteiger partial charge < -0.3 is 29.4 Å². The Morgan fingerprint density at radius 3 is 2.24 bits per heavy atom. The third-order valence-electron chi connectivity index (χ3n) is 5.38. The Morgan fingerprint density at radius 2 is 1.68 bits per heavy atom. The normalized spacial score (nSPS) is 13.1. The minimum absolute atomic E-state index is 0.151. The van der Waals surface area contributed by atoms with Crippen LogP contribution in [0.3, 0.4) is 0 Å². The number of hydrogen-bond acceptors (Lipinski definition) is 6. The fraction of sp³-hybridized carbons (Fsp3) is 0.375. The van der Waals surface area contributed by atoms with Gasteiger partial charge in [0.25, 0.3) is 0 Å². The molecule has 7 nitrogen and oxygen atoms in total. The minimum atomic E-state index is -2.19. The van der Waals surface area contributed by atoms with Gasteiger partial charge in [-0.1, -0.05) is 49.2 Å². The minimum Gasteiger partial charge on any atom is -0.491 e. The second-order valence-electron chi connectivity index (χ2n) is 8.55. The number of aromatic nitrogens is 2. The summed E-state index contributed by atoms with van der Waals surface area (Å²) in [6, 6.07) is 11.0. The summed E-state index contributed by atoms with van der Waals surface area (Å²) in [5.74, 6) is -1.82. The van der Waals surface area contributed by atoms with Crippen LogP contribution in [0.5, 0.6) is 11.5 Å². The molecule has 34 heavy (non-hydrogen) atoms. The van der Waals surface area contributed by atoms with Crippen molar-refractivity contribution in [1.82, 2.24) is 9.55 Å². The number of hydrogen-bond donors (Lipinski definition) is 3. The molecule has 0 spiro atoms. The second kappa shape index (κ2) is 11.2. The molecular formula is C24H27Cl3N2O5. The molecule has 0 radical (unpaired) electrons. The van der Waals surface area contributed by atoms with Crippen molar-refractivity contribution in [2.45, 2.75) is 37.7 Å². The van der Waals surface area contributed by atoms with Gasteiger partial charge in [0.05, 0.1) is 28.8 Å². The lowest BCUT2D eigenvalue weighted by atomic mass is 9.78. The SMILES string of the molecule is CC(C)(c1ccc(OC[C@H](O)Cn2ccnc2)cc1)c1cc(Cl)c(OCC(O)(O)CCl)c(Cl)c1. The molecule has 0 unspecified atom stereocenters. The summed E-state index contributed by atoms with van der Waals surface area (Å²) in [4.78, 5) is 3.95. The third kappa shape index (κ3) is 6.78. The van der Waals surface area contributed by atoms with E-state index in [1.807, 2.05) is 38.1 Å². The maximum absolute atomic E-state index is 10.1. The van der Waals surface area contributed by atoms with E-state index in [9.17, 15) is 15.3 Å². The first-order chi connectivity index (χ1) is 16.0. The fourth-order valence-corrected chi connectivity index (χ4v) is 3.98. The molecule has 0 saturated carbocycles. The van der Waals surface area contributed by atoms with Crippen molar-refractivity contribution in [1.29, 1.82) is 0 Å². The smallest absolute Gasteiger partial charge is 0.211 e. The van der Waals surface area contributed by atoms with Crippen molar-refractivity contribution < 1.29 is 24.8 Å². The summed E-state index contributed by atoms with van der Waals surface area (Å²) in [5.41, 5.74) is 1.38. The van der Waals surface area contributed by atoms with Crippen LogP contribution in [0.1, 0.15) is 25.0 Å². The van der Waals surface area contributed by atoms with Crippen molar-refractivity contribution in [3.05, 3.63) is 76.3 Å². The number of alkyl halides is 1.